The van der Waals surface area contributed by atoms with Crippen LogP contribution >= 0.6 is 0 Å². The Hall–Kier alpha value is -0.870. The zero-order valence-corrected chi connectivity index (χ0v) is 5.10. The average molecular weight is 152 g/mol. The smallest absolute Gasteiger partial charge is 0.427 e. The summed E-state index contributed by atoms with van der Waals surface area (Å²) in [6.07, 6.45) is -1.53. The summed E-state index contributed by atoms with van der Waals surface area (Å²) >= 11 is 0. The van der Waals surface area contributed by atoms with Crippen molar-refractivity contribution in [1.82, 2.24) is 0 Å². The van der Waals surface area contributed by atoms with Crippen LogP contribution in [0, 0.1) is 0 Å². The minimum Gasteiger partial charge on any atom is -0.427 e. The first-order chi connectivity index (χ1) is 4.66. The fraction of sp³-hybridized carbons (Fsp3) is 0.800. The highest BCUT2D eigenvalue weighted by Gasteiger charge is 2.42. The normalized spacial score (nSPS) is 31.6. The van der Waals surface area contributed by atoms with Gasteiger partial charge in [-0.15, -0.1) is 0 Å². The van der Waals surface area contributed by atoms with Gasteiger partial charge in [-0.25, -0.2) is 4.79 Å². The molecule has 0 aromatic heterocycles. The molecule has 0 aromatic carbocycles. The maximum Gasteiger partial charge on any atom is 0.511 e. The molecule has 0 spiro atoms. The molecule has 0 aliphatic carbocycles. The topological polar surface area (TPSA) is 35.5 Å². The van der Waals surface area contributed by atoms with Gasteiger partial charge in [-0.2, -0.15) is 4.39 Å². The lowest BCUT2D eigenvalue weighted by Crippen LogP contribution is -2.25. The Balaban J connectivity index is 2.46. The second kappa shape index (κ2) is 2.40. The quantitative estimate of drug-likeness (QED) is 0.557. The van der Waals surface area contributed by atoms with Crippen molar-refractivity contribution in [2.24, 2.45) is 0 Å². The van der Waals surface area contributed by atoms with Gasteiger partial charge in [0, 0.05) is 6.42 Å². The summed E-state index contributed by atoms with van der Waals surface area (Å²) < 4.78 is 32.4. The van der Waals surface area contributed by atoms with E-state index in [1.54, 1.807) is 0 Å². The first-order valence-corrected chi connectivity index (χ1v) is 2.77. The van der Waals surface area contributed by atoms with Crippen LogP contribution < -0.4 is 0 Å². The van der Waals surface area contributed by atoms with E-state index in [-0.39, 0.29) is 0 Å². The van der Waals surface area contributed by atoms with E-state index >= 15 is 0 Å². The van der Waals surface area contributed by atoms with Crippen molar-refractivity contribution in [2.75, 3.05) is 13.3 Å². The third kappa shape index (κ3) is 1.34. The number of halogens is 2. The zero-order chi connectivity index (χ0) is 7.61. The summed E-state index contributed by atoms with van der Waals surface area (Å²) in [5, 5.41) is 0. The van der Waals surface area contributed by atoms with Crippen molar-refractivity contribution in [1.29, 1.82) is 0 Å². The molecular weight excluding hydrogens is 146 g/mol. The van der Waals surface area contributed by atoms with Crippen molar-refractivity contribution in [3.63, 3.8) is 0 Å². The van der Waals surface area contributed by atoms with Crippen LogP contribution in [0.5, 0.6) is 0 Å². The van der Waals surface area contributed by atoms with Gasteiger partial charge in [0.25, 0.3) is 5.85 Å². The number of carbonyl (C=O) groups excluding carboxylic acids is 1. The van der Waals surface area contributed by atoms with Crippen LogP contribution in [0.25, 0.3) is 0 Å². The maximum atomic E-state index is 12.8. The molecule has 0 N–H and O–H groups in total. The van der Waals surface area contributed by atoms with E-state index in [9.17, 15) is 13.6 Å². The number of carbonyl (C=O) groups is 1. The highest BCUT2D eigenvalue weighted by atomic mass is 19.2. The largest absolute Gasteiger partial charge is 0.511 e. The predicted octanol–water partition coefficient (Wildman–Crippen LogP) is 1.18. The fourth-order valence-electron chi connectivity index (χ4n) is 0.639. The lowest BCUT2D eigenvalue weighted by Gasteiger charge is -2.11. The van der Waals surface area contributed by atoms with E-state index in [0.717, 1.165) is 0 Å². The van der Waals surface area contributed by atoms with Gasteiger partial charge >= 0.3 is 6.16 Å². The standard InChI is InChI=1S/C5H6F2O3/c6-2-1-5(7)3-9-4(8)10-5/h1-3H2. The molecule has 0 radical (unpaired) electrons. The molecule has 1 aliphatic heterocycles. The third-order valence-corrected chi connectivity index (χ3v) is 1.14. The molecule has 1 atom stereocenters. The van der Waals surface area contributed by atoms with Crippen LogP contribution in [0.4, 0.5) is 13.6 Å². The molecule has 1 heterocycles. The summed E-state index contributed by atoms with van der Waals surface area (Å²) in [6, 6.07) is 0. The van der Waals surface area contributed by atoms with Crippen LogP contribution in [0.1, 0.15) is 6.42 Å². The van der Waals surface area contributed by atoms with Crippen molar-refractivity contribution < 1.29 is 23.0 Å². The Bertz CT molecular complexity index is 150. The van der Waals surface area contributed by atoms with Crippen molar-refractivity contribution >= 4 is 6.16 Å². The van der Waals surface area contributed by atoms with E-state index in [0.29, 0.717) is 0 Å². The van der Waals surface area contributed by atoms with Crippen LogP contribution in [-0.2, 0) is 9.47 Å². The van der Waals surface area contributed by atoms with E-state index in [4.69, 9.17) is 0 Å². The maximum absolute atomic E-state index is 12.8. The van der Waals surface area contributed by atoms with Gasteiger partial charge in [0.05, 0.1) is 6.67 Å². The van der Waals surface area contributed by atoms with Gasteiger partial charge in [0.1, 0.15) is 0 Å². The van der Waals surface area contributed by atoms with Crippen molar-refractivity contribution in [2.45, 2.75) is 12.3 Å². The molecule has 3 nitrogen and oxygen atoms in total. The first kappa shape index (κ1) is 7.24. The Morgan fingerprint density at radius 1 is 1.70 bits per heavy atom. The lowest BCUT2D eigenvalue weighted by atomic mass is 10.2. The molecule has 1 aliphatic rings. The summed E-state index contributed by atoms with van der Waals surface area (Å²) in [6.45, 7) is -1.37. The Morgan fingerprint density at radius 3 is 2.80 bits per heavy atom. The highest BCUT2D eigenvalue weighted by Crippen LogP contribution is 2.25. The summed E-state index contributed by atoms with van der Waals surface area (Å²) in [5.74, 6) is -2.23. The molecule has 5 heteroatoms. The second-order valence-electron chi connectivity index (χ2n) is 1.96. The monoisotopic (exact) mass is 152 g/mol. The summed E-state index contributed by atoms with van der Waals surface area (Å²) in [4.78, 5) is 10.1. The number of ether oxygens (including phenoxy) is 2. The van der Waals surface area contributed by atoms with Crippen LogP contribution in [0.2, 0.25) is 0 Å². The average Bonchev–Trinajstić information content (AvgIpc) is 2.12. The molecule has 0 saturated carbocycles. The minimum atomic E-state index is -2.23. The first-order valence-electron chi connectivity index (χ1n) is 2.77. The second-order valence-corrected chi connectivity index (χ2v) is 1.96. The Kier molecular flexibility index (Phi) is 1.74. The van der Waals surface area contributed by atoms with Gasteiger partial charge in [-0.1, -0.05) is 0 Å². The molecule has 0 amide bonds. The van der Waals surface area contributed by atoms with Gasteiger partial charge in [-0.05, 0) is 0 Å². The molecule has 1 unspecified atom stereocenters. The fourth-order valence-corrected chi connectivity index (χ4v) is 0.639. The number of hydrogen-bond acceptors (Lipinski definition) is 3. The molecule has 1 saturated heterocycles. The zero-order valence-electron chi connectivity index (χ0n) is 5.10. The third-order valence-electron chi connectivity index (χ3n) is 1.14. The Labute approximate surface area is 55.9 Å². The number of hydrogen-bond donors (Lipinski definition) is 0. The van der Waals surface area contributed by atoms with E-state index in [1.807, 2.05) is 0 Å². The van der Waals surface area contributed by atoms with Crippen LogP contribution in [0.3, 0.4) is 0 Å². The lowest BCUT2D eigenvalue weighted by molar-refractivity contribution is -0.0695. The van der Waals surface area contributed by atoms with Crippen LogP contribution in [0.15, 0.2) is 0 Å². The molecule has 0 bridgehead atoms. The number of rotatable bonds is 2. The van der Waals surface area contributed by atoms with Gasteiger partial charge < -0.3 is 9.47 Å². The molecule has 1 fully saturated rings. The number of cyclic esters (lactones) is 2. The van der Waals surface area contributed by atoms with E-state index < -0.39 is 31.7 Å². The molecule has 1 rings (SSSR count). The van der Waals surface area contributed by atoms with Crippen molar-refractivity contribution in [3.05, 3.63) is 0 Å². The van der Waals surface area contributed by atoms with E-state index in [2.05, 4.69) is 9.47 Å². The van der Waals surface area contributed by atoms with Gasteiger partial charge in [0.2, 0.25) is 0 Å². The van der Waals surface area contributed by atoms with Crippen LogP contribution in [-0.4, -0.2) is 25.3 Å². The SMILES string of the molecule is O=C1OCC(F)(CCF)O1. The Morgan fingerprint density at radius 2 is 2.40 bits per heavy atom. The minimum absolute atomic E-state index is 0.460. The molecule has 58 valence electrons. The van der Waals surface area contributed by atoms with Gasteiger partial charge in [-0.3, -0.25) is 4.39 Å². The highest BCUT2D eigenvalue weighted by molar-refractivity contribution is 5.62. The predicted molar refractivity (Wildman–Crippen MR) is 26.9 cm³/mol. The summed E-state index contributed by atoms with van der Waals surface area (Å²) in [5.41, 5.74) is 0. The molecule has 0 aromatic rings. The van der Waals surface area contributed by atoms with Crippen molar-refractivity contribution in [3.8, 4) is 0 Å². The molecule has 10 heavy (non-hydrogen) atoms. The van der Waals surface area contributed by atoms with Gasteiger partial charge in [0.15, 0.2) is 6.61 Å². The van der Waals surface area contributed by atoms with E-state index in [1.165, 1.54) is 0 Å². The number of alkyl halides is 2. The molecular formula is C5H6F2O3. The summed E-state index contributed by atoms with van der Waals surface area (Å²) in [7, 11) is 0.